The predicted octanol–water partition coefficient (Wildman–Crippen LogP) is 3.07. The Labute approximate surface area is 142 Å². The van der Waals surface area contributed by atoms with Crippen molar-refractivity contribution in [2.45, 2.75) is 58.2 Å². The molecule has 2 rings (SSSR count). The lowest BCUT2D eigenvalue weighted by atomic mass is 9.85. The summed E-state index contributed by atoms with van der Waals surface area (Å²) in [6.45, 7) is 3.46. The van der Waals surface area contributed by atoms with Gasteiger partial charge >= 0.3 is 5.97 Å². The Hall–Kier alpha value is -2.14. The van der Waals surface area contributed by atoms with Gasteiger partial charge in [-0.3, -0.25) is 4.79 Å². The molecule has 0 fully saturated rings. The molecule has 5 heteroatoms. The molecule has 0 spiro atoms. The summed E-state index contributed by atoms with van der Waals surface area (Å²) in [5, 5.41) is 20.2. The van der Waals surface area contributed by atoms with Crippen LogP contribution in [0.4, 0.5) is 0 Å². The van der Waals surface area contributed by atoms with Gasteiger partial charge in [0.2, 0.25) is 0 Å². The summed E-state index contributed by atoms with van der Waals surface area (Å²) in [5.74, 6) is -1.05. The largest absolute Gasteiger partial charge is 0.511 e. The Morgan fingerprint density at radius 1 is 1.17 bits per heavy atom. The lowest BCUT2D eigenvalue weighted by molar-refractivity contribution is -0.143. The third-order valence-corrected chi connectivity index (χ3v) is 4.25. The van der Waals surface area contributed by atoms with Gasteiger partial charge in [0.05, 0.1) is 6.10 Å². The molecule has 0 radical (unpaired) electrons. The zero-order valence-electron chi connectivity index (χ0n) is 14.1. The molecule has 0 saturated carbocycles. The number of aliphatic hydroxyl groups is 2. The van der Waals surface area contributed by atoms with E-state index in [-0.39, 0.29) is 36.1 Å². The Bertz CT molecular complexity index is 636. The van der Waals surface area contributed by atoms with Crippen LogP contribution in [0, 0.1) is 0 Å². The molecule has 1 aliphatic heterocycles. The van der Waals surface area contributed by atoms with Crippen molar-refractivity contribution in [3.63, 3.8) is 0 Å². The van der Waals surface area contributed by atoms with Gasteiger partial charge in [-0.05, 0) is 43.9 Å². The van der Waals surface area contributed by atoms with Crippen molar-refractivity contribution in [3.8, 4) is 0 Å². The molecule has 0 aromatic heterocycles. The molecule has 24 heavy (non-hydrogen) atoms. The Kier molecular flexibility index (Phi) is 6.15. The van der Waals surface area contributed by atoms with E-state index < -0.39 is 12.1 Å². The van der Waals surface area contributed by atoms with Gasteiger partial charge in [0.1, 0.15) is 17.4 Å². The van der Waals surface area contributed by atoms with E-state index in [0.717, 1.165) is 12.8 Å². The highest BCUT2D eigenvalue weighted by atomic mass is 16.5. The van der Waals surface area contributed by atoms with Crippen LogP contribution in [0.5, 0.6) is 0 Å². The quantitative estimate of drug-likeness (QED) is 0.526. The molecule has 2 atom stereocenters. The minimum Gasteiger partial charge on any atom is -0.511 e. The highest BCUT2D eigenvalue weighted by Gasteiger charge is 2.32. The van der Waals surface area contributed by atoms with E-state index >= 15 is 0 Å². The first-order valence-corrected chi connectivity index (χ1v) is 8.25. The fourth-order valence-corrected chi connectivity index (χ4v) is 2.82. The molecule has 0 amide bonds. The van der Waals surface area contributed by atoms with Crippen molar-refractivity contribution in [2.75, 3.05) is 0 Å². The zero-order chi connectivity index (χ0) is 17.7. The zero-order valence-corrected chi connectivity index (χ0v) is 14.1. The molecule has 2 aliphatic rings. The van der Waals surface area contributed by atoms with Crippen LogP contribution in [-0.4, -0.2) is 34.2 Å². The van der Waals surface area contributed by atoms with E-state index in [2.05, 4.69) is 0 Å². The van der Waals surface area contributed by atoms with E-state index in [1.165, 1.54) is 6.08 Å². The number of hydrogen-bond acceptors (Lipinski definition) is 5. The lowest BCUT2D eigenvalue weighted by Crippen LogP contribution is -2.26. The van der Waals surface area contributed by atoms with E-state index in [1.54, 1.807) is 19.9 Å². The van der Waals surface area contributed by atoms with E-state index in [0.29, 0.717) is 17.6 Å². The van der Waals surface area contributed by atoms with Crippen molar-refractivity contribution in [1.29, 1.82) is 0 Å². The molecule has 0 saturated heterocycles. The smallest absolute Gasteiger partial charge is 0.342 e. The van der Waals surface area contributed by atoms with Crippen LogP contribution in [0.15, 0.2) is 46.8 Å². The van der Waals surface area contributed by atoms with Gasteiger partial charge in [-0.1, -0.05) is 18.2 Å². The third kappa shape index (κ3) is 4.45. The van der Waals surface area contributed by atoms with Gasteiger partial charge in [0.25, 0.3) is 0 Å². The monoisotopic (exact) mass is 332 g/mol. The maximum absolute atomic E-state index is 12.5. The summed E-state index contributed by atoms with van der Waals surface area (Å²) >= 11 is 0. The molecule has 130 valence electrons. The van der Waals surface area contributed by atoms with Crippen LogP contribution >= 0.6 is 0 Å². The molecule has 2 unspecified atom stereocenters. The standard InChI is InChI=1S/C19H24O5/c1-12-8-6-4-3-5-7-9-14(20)10-15-13(2)16(21)11-17(22)18(15)19(23)24-12/h4,6-7,9,12,16,21-22H,3,5,8,10-11H2,1-2H3/b6-4+,9-7+. The van der Waals surface area contributed by atoms with Gasteiger partial charge < -0.3 is 14.9 Å². The second-order valence-corrected chi connectivity index (χ2v) is 6.25. The van der Waals surface area contributed by atoms with Crippen LogP contribution in [-0.2, 0) is 14.3 Å². The second kappa shape index (κ2) is 8.11. The lowest BCUT2D eigenvalue weighted by Gasteiger charge is -2.25. The first-order valence-electron chi connectivity index (χ1n) is 8.25. The molecule has 0 aromatic carbocycles. The number of cyclic esters (lactones) is 1. The molecule has 5 nitrogen and oxygen atoms in total. The Balaban J connectivity index is 2.39. The van der Waals surface area contributed by atoms with Crippen molar-refractivity contribution < 1.29 is 24.5 Å². The van der Waals surface area contributed by atoms with E-state index in [1.807, 2.05) is 12.2 Å². The van der Waals surface area contributed by atoms with Crippen molar-refractivity contribution in [1.82, 2.24) is 0 Å². The SMILES string of the molecule is CC1=C2CC(=O)/C=C/CC/C=C/CC(C)OC(=O)C2=C(O)CC1O. The maximum atomic E-state index is 12.5. The number of rotatable bonds is 0. The molecule has 1 heterocycles. The van der Waals surface area contributed by atoms with Crippen LogP contribution in [0.3, 0.4) is 0 Å². The fraction of sp³-hybridized carbons (Fsp3) is 0.474. The minimum atomic E-state index is -0.896. The average Bonchev–Trinajstić information content (AvgIpc) is 2.50. The normalized spacial score (nSPS) is 29.6. The summed E-state index contributed by atoms with van der Waals surface area (Å²) in [6, 6.07) is 0. The minimum absolute atomic E-state index is 0.0208. The Morgan fingerprint density at radius 2 is 1.88 bits per heavy atom. The summed E-state index contributed by atoms with van der Waals surface area (Å²) in [6.07, 6.45) is 8.07. The van der Waals surface area contributed by atoms with E-state index in [9.17, 15) is 19.8 Å². The molecule has 2 N–H and O–H groups in total. The molecular weight excluding hydrogens is 308 g/mol. The molecule has 0 aromatic rings. The maximum Gasteiger partial charge on any atom is 0.342 e. The number of ketones is 1. The number of carbonyl (C=O) groups excluding carboxylic acids is 2. The summed E-state index contributed by atoms with van der Waals surface area (Å²) in [4.78, 5) is 24.6. The highest BCUT2D eigenvalue weighted by molar-refractivity contribution is 5.99. The number of fused-ring (bicyclic) bond motifs is 1. The van der Waals surface area contributed by atoms with Crippen molar-refractivity contribution >= 4 is 11.8 Å². The predicted molar refractivity (Wildman–Crippen MR) is 90.3 cm³/mol. The van der Waals surface area contributed by atoms with E-state index in [4.69, 9.17) is 4.74 Å². The summed E-state index contributed by atoms with van der Waals surface area (Å²) in [7, 11) is 0. The van der Waals surface area contributed by atoms with Crippen LogP contribution in [0.25, 0.3) is 0 Å². The van der Waals surface area contributed by atoms with Gasteiger partial charge in [-0.2, -0.15) is 0 Å². The first-order chi connectivity index (χ1) is 11.4. The summed E-state index contributed by atoms with van der Waals surface area (Å²) in [5.41, 5.74) is 0.916. The highest BCUT2D eigenvalue weighted by Crippen LogP contribution is 2.33. The average molecular weight is 332 g/mol. The number of ether oxygens (including phenoxy) is 1. The Morgan fingerprint density at radius 3 is 2.62 bits per heavy atom. The summed E-state index contributed by atoms with van der Waals surface area (Å²) < 4.78 is 5.40. The molecule has 0 bridgehead atoms. The number of carbonyl (C=O) groups is 2. The van der Waals surface area contributed by atoms with Crippen LogP contribution < -0.4 is 0 Å². The first kappa shape index (κ1) is 18.2. The van der Waals surface area contributed by atoms with Crippen molar-refractivity contribution in [3.05, 3.63) is 46.8 Å². The van der Waals surface area contributed by atoms with Gasteiger partial charge in [0, 0.05) is 19.3 Å². The van der Waals surface area contributed by atoms with Crippen LogP contribution in [0.2, 0.25) is 0 Å². The number of esters is 1. The van der Waals surface area contributed by atoms with Gasteiger partial charge in [-0.15, -0.1) is 0 Å². The second-order valence-electron chi connectivity index (χ2n) is 6.25. The molecule has 1 aliphatic carbocycles. The fourth-order valence-electron chi connectivity index (χ4n) is 2.82. The number of allylic oxidation sites excluding steroid dienone is 3. The van der Waals surface area contributed by atoms with Gasteiger partial charge in [0.15, 0.2) is 5.78 Å². The van der Waals surface area contributed by atoms with Crippen molar-refractivity contribution in [2.24, 2.45) is 0 Å². The molecular formula is C19H24O5. The van der Waals surface area contributed by atoms with Gasteiger partial charge in [-0.25, -0.2) is 4.79 Å². The topological polar surface area (TPSA) is 83.8 Å². The third-order valence-electron chi connectivity index (χ3n) is 4.25. The number of hydrogen-bond donors (Lipinski definition) is 2. The van der Waals surface area contributed by atoms with Crippen LogP contribution in [0.1, 0.15) is 46.0 Å². The number of aliphatic hydroxyl groups excluding tert-OH is 2.